The second kappa shape index (κ2) is 9.90. The molecule has 0 atom stereocenters. The Kier molecular flexibility index (Phi) is 6.34. The number of aromatic nitrogens is 2. The van der Waals surface area contributed by atoms with Crippen molar-refractivity contribution in [1.29, 1.82) is 0 Å². The van der Waals surface area contributed by atoms with Gasteiger partial charge in [-0.1, -0.05) is 18.2 Å². The molecular weight excluding hydrogens is 543 g/mol. The fraction of sp³-hybridized carbons (Fsp3) is 0.0968. The zero-order valence-electron chi connectivity index (χ0n) is 22.4. The van der Waals surface area contributed by atoms with E-state index in [0.717, 1.165) is 32.7 Å². The van der Waals surface area contributed by atoms with Crippen LogP contribution >= 0.6 is 0 Å². The predicted octanol–water partition coefficient (Wildman–Crippen LogP) is 6.20. The Bertz CT molecular complexity index is 2030. The highest BCUT2D eigenvalue weighted by Gasteiger charge is 2.26. The van der Waals surface area contributed by atoms with Crippen molar-refractivity contribution >= 4 is 43.5 Å². The quantitative estimate of drug-likeness (QED) is 0.249. The van der Waals surface area contributed by atoms with E-state index in [1.807, 2.05) is 42.5 Å². The third-order valence-corrected chi connectivity index (χ3v) is 8.27. The number of aromatic amines is 1. The summed E-state index contributed by atoms with van der Waals surface area (Å²) in [4.78, 5) is 21.1. The van der Waals surface area contributed by atoms with Crippen LogP contribution in [0.4, 0.5) is 10.1 Å². The summed E-state index contributed by atoms with van der Waals surface area (Å²) in [7, 11) is -0.722. The lowest BCUT2D eigenvalue weighted by Gasteiger charge is -2.20. The zero-order chi connectivity index (χ0) is 28.9. The van der Waals surface area contributed by atoms with Gasteiger partial charge >= 0.3 is 0 Å². The first-order valence-electron chi connectivity index (χ1n) is 12.7. The molecule has 2 N–H and O–H groups in total. The average Bonchev–Trinajstić information content (AvgIpc) is 3.57. The summed E-state index contributed by atoms with van der Waals surface area (Å²) >= 11 is 0. The number of amides is 1. The van der Waals surface area contributed by atoms with Crippen molar-refractivity contribution in [2.45, 2.75) is 0 Å². The van der Waals surface area contributed by atoms with Crippen LogP contribution in [0.2, 0.25) is 0 Å². The number of rotatable bonds is 6. The van der Waals surface area contributed by atoms with Crippen molar-refractivity contribution in [3.05, 3.63) is 96.4 Å². The van der Waals surface area contributed by atoms with E-state index in [-0.39, 0.29) is 11.3 Å². The molecule has 0 aliphatic rings. The number of hydrogen-bond donors (Lipinski definition) is 2. The number of anilines is 1. The molecule has 206 valence electrons. The van der Waals surface area contributed by atoms with Crippen LogP contribution in [-0.2, 0) is 10.0 Å². The minimum atomic E-state index is -3.68. The number of H-pyrrole nitrogens is 1. The number of carbonyl (C=O) groups excluding carboxylic acids is 1. The molecule has 3 aromatic carbocycles. The zero-order valence-corrected chi connectivity index (χ0v) is 23.2. The summed E-state index contributed by atoms with van der Waals surface area (Å²) in [6.07, 6.45) is 2.76. The third kappa shape index (κ3) is 4.72. The molecule has 0 spiro atoms. The van der Waals surface area contributed by atoms with Crippen LogP contribution in [0.3, 0.4) is 0 Å². The summed E-state index contributed by atoms with van der Waals surface area (Å²) in [5.41, 5.74) is 5.07. The first-order chi connectivity index (χ1) is 19.6. The lowest BCUT2D eigenvalue weighted by atomic mass is 10.00. The molecule has 41 heavy (non-hydrogen) atoms. The highest BCUT2D eigenvalue weighted by atomic mass is 32.2. The fourth-order valence-corrected chi connectivity index (χ4v) is 5.41. The maximum absolute atomic E-state index is 13.7. The van der Waals surface area contributed by atoms with Gasteiger partial charge in [0.05, 0.1) is 23.2 Å². The number of sulfonamides is 1. The van der Waals surface area contributed by atoms with Gasteiger partial charge in [-0.15, -0.1) is 0 Å². The number of pyridine rings is 1. The van der Waals surface area contributed by atoms with Gasteiger partial charge in [0, 0.05) is 65.0 Å². The number of halogens is 1. The Balaban J connectivity index is 1.61. The highest BCUT2D eigenvalue weighted by Crippen LogP contribution is 2.41. The summed E-state index contributed by atoms with van der Waals surface area (Å²) in [6.45, 7) is 0. The van der Waals surface area contributed by atoms with Gasteiger partial charge in [0.1, 0.15) is 17.2 Å². The molecule has 6 rings (SSSR count). The Morgan fingerprint density at radius 2 is 1.76 bits per heavy atom. The van der Waals surface area contributed by atoms with Gasteiger partial charge in [-0.25, -0.2) is 12.8 Å². The molecule has 6 aromatic rings. The van der Waals surface area contributed by atoms with Crippen LogP contribution in [0.5, 0.6) is 0 Å². The van der Waals surface area contributed by atoms with Crippen LogP contribution in [0, 0.1) is 5.82 Å². The maximum atomic E-state index is 13.7. The van der Waals surface area contributed by atoms with E-state index < -0.39 is 21.7 Å². The lowest BCUT2D eigenvalue weighted by molar-refractivity contribution is 0.0964. The normalized spacial score (nSPS) is 11.7. The Hall–Kier alpha value is -4.96. The van der Waals surface area contributed by atoms with Gasteiger partial charge in [0.15, 0.2) is 0 Å². The molecule has 0 aliphatic heterocycles. The topological polar surface area (TPSA) is 108 Å². The average molecular weight is 569 g/mol. The Labute approximate surface area is 235 Å². The fourth-order valence-electron chi connectivity index (χ4n) is 4.91. The lowest BCUT2D eigenvalue weighted by Crippen LogP contribution is -2.25. The molecule has 0 aliphatic carbocycles. The molecular formula is C31H25FN4O4S. The molecule has 8 nitrogen and oxygen atoms in total. The SMILES string of the molecule is CNC(=O)c1c(-c2ccc(F)cc2)oc2cc(N(C)S(C)(=O)=O)c(-c3cc(-c4cc5ccccc5[nH]4)ccn3)cc12. The second-order valence-corrected chi connectivity index (χ2v) is 11.7. The minimum Gasteiger partial charge on any atom is -0.455 e. The van der Waals surface area contributed by atoms with Crippen molar-refractivity contribution in [2.24, 2.45) is 0 Å². The van der Waals surface area contributed by atoms with Crippen LogP contribution in [0.25, 0.3) is 55.7 Å². The van der Waals surface area contributed by atoms with Crippen LogP contribution in [0.1, 0.15) is 10.4 Å². The van der Waals surface area contributed by atoms with E-state index in [2.05, 4.69) is 15.3 Å². The van der Waals surface area contributed by atoms with Crippen molar-refractivity contribution in [3.8, 4) is 33.8 Å². The largest absolute Gasteiger partial charge is 0.455 e. The molecule has 1 amide bonds. The molecule has 10 heteroatoms. The molecule has 0 fully saturated rings. The van der Waals surface area contributed by atoms with E-state index in [1.165, 1.54) is 38.4 Å². The van der Waals surface area contributed by atoms with Gasteiger partial charge in [0.25, 0.3) is 5.91 Å². The summed E-state index contributed by atoms with van der Waals surface area (Å²) < 4.78 is 46.3. The molecule has 3 heterocycles. The molecule has 0 unspecified atom stereocenters. The monoisotopic (exact) mass is 568 g/mol. The highest BCUT2D eigenvalue weighted by molar-refractivity contribution is 7.92. The van der Waals surface area contributed by atoms with Crippen molar-refractivity contribution < 1.29 is 22.0 Å². The number of nitrogens with zero attached hydrogens (tertiary/aromatic N) is 2. The van der Waals surface area contributed by atoms with Crippen LogP contribution in [-0.4, -0.2) is 44.6 Å². The number of nitrogens with one attached hydrogen (secondary N) is 2. The first kappa shape index (κ1) is 26.3. The van der Waals surface area contributed by atoms with E-state index >= 15 is 0 Å². The van der Waals surface area contributed by atoms with E-state index in [1.54, 1.807) is 18.3 Å². The first-order valence-corrected chi connectivity index (χ1v) is 14.6. The number of fused-ring (bicyclic) bond motifs is 2. The summed E-state index contributed by atoms with van der Waals surface area (Å²) in [6, 6.07) is 22.6. The Morgan fingerprint density at radius 3 is 2.46 bits per heavy atom. The molecule has 3 aromatic heterocycles. The number of para-hydroxylation sites is 1. The van der Waals surface area contributed by atoms with Gasteiger partial charge in [-0.2, -0.15) is 0 Å². The smallest absolute Gasteiger partial charge is 0.255 e. The number of furan rings is 1. The van der Waals surface area contributed by atoms with Crippen molar-refractivity contribution in [1.82, 2.24) is 15.3 Å². The van der Waals surface area contributed by atoms with E-state index in [4.69, 9.17) is 4.42 Å². The summed E-state index contributed by atoms with van der Waals surface area (Å²) in [5.74, 6) is -0.589. The standard InChI is InChI=1S/C31H25FN4O4S/c1-33-31(37)29-23-16-22(26-15-20(12-13-34-26)25-14-19-6-4-5-7-24(19)35-25)27(36(2)41(3,38)39)17-28(23)40-30(29)18-8-10-21(32)11-9-18/h4-17,35H,1-3H3,(H,33,37). The molecule has 0 saturated heterocycles. The van der Waals surface area contributed by atoms with Gasteiger partial charge in [0.2, 0.25) is 10.0 Å². The Morgan fingerprint density at radius 1 is 1.00 bits per heavy atom. The number of carbonyl (C=O) groups is 1. The van der Waals surface area contributed by atoms with Gasteiger partial charge in [-0.05, 0) is 54.6 Å². The number of benzene rings is 3. The predicted molar refractivity (Wildman–Crippen MR) is 159 cm³/mol. The van der Waals surface area contributed by atoms with Crippen molar-refractivity contribution in [3.63, 3.8) is 0 Å². The molecule has 0 radical (unpaired) electrons. The van der Waals surface area contributed by atoms with Crippen molar-refractivity contribution in [2.75, 3.05) is 24.7 Å². The van der Waals surface area contributed by atoms with Crippen LogP contribution in [0.15, 0.2) is 89.5 Å². The van der Waals surface area contributed by atoms with Gasteiger partial charge < -0.3 is 14.7 Å². The number of hydrogen-bond acceptors (Lipinski definition) is 5. The van der Waals surface area contributed by atoms with Gasteiger partial charge in [-0.3, -0.25) is 14.1 Å². The minimum absolute atomic E-state index is 0.240. The third-order valence-electron chi connectivity index (χ3n) is 7.08. The summed E-state index contributed by atoms with van der Waals surface area (Å²) in [5, 5.41) is 4.16. The maximum Gasteiger partial charge on any atom is 0.255 e. The molecule has 0 bridgehead atoms. The molecule has 0 saturated carbocycles. The second-order valence-electron chi connectivity index (χ2n) is 9.69. The van der Waals surface area contributed by atoms with E-state index in [9.17, 15) is 17.6 Å². The van der Waals surface area contributed by atoms with Crippen LogP contribution < -0.4 is 9.62 Å². The van der Waals surface area contributed by atoms with E-state index in [0.29, 0.717) is 33.5 Å².